The van der Waals surface area contributed by atoms with Gasteiger partial charge in [0.1, 0.15) is 5.78 Å². The first-order chi connectivity index (χ1) is 10.8. The lowest BCUT2D eigenvalue weighted by Crippen LogP contribution is -2.55. The zero-order valence-corrected chi connectivity index (χ0v) is 15.2. The van der Waals surface area contributed by atoms with E-state index >= 15 is 0 Å². The Morgan fingerprint density at radius 3 is 2.43 bits per heavy atom. The van der Waals surface area contributed by atoms with Gasteiger partial charge in [0.2, 0.25) is 0 Å². The van der Waals surface area contributed by atoms with Crippen LogP contribution in [0.3, 0.4) is 0 Å². The van der Waals surface area contributed by atoms with Gasteiger partial charge in [-0.25, -0.2) is 0 Å². The summed E-state index contributed by atoms with van der Waals surface area (Å²) in [5.41, 5.74) is -0.00301. The lowest BCUT2D eigenvalue weighted by Gasteiger charge is -2.59. The Morgan fingerprint density at radius 2 is 1.70 bits per heavy atom. The van der Waals surface area contributed by atoms with Crippen LogP contribution in [-0.4, -0.2) is 16.5 Å². The maximum absolute atomic E-state index is 12.0. The minimum absolute atomic E-state index is 0.140. The van der Waals surface area contributed by atoms with Crippen molar-refractivity contribution in [1.29, 1.82) is 0 Å². The molecule has 2 nitrogen and oxygen atoms in total. The molecule has 4 aliphatic rings. The van der Waals surface area contributed by atoms with E-state index in [0.29, 0.717) is 11.7 Å². The molecule has 7 unspecified atom stereocenters. The molecule has 0 bridgehead atoms. The molecule has 0 aromatic heterocycles. The van der Waals surface area contributed by atoms with E-state index in [4.69, 9.17) is 0 Å². The maximum atomic E-state index is 12.0. The number of aliphatic hydroxyl groups is 1. The quantitative estimate of drug-likeness (QED) is 0.758. The highest BCUT2D eigenvalue weighted by atomic mass is 16.3. The van der Waals surface area contributed by atoms with E-state index in [2.05, 4.69) is 20.8 Å². The van der Waals surface area contributed by atoms with Gasteiger partial charge in [0.25, 0.3) is 0 Å². The molecule has 4 fully saturated rings. The van der Waals surface area contributed by atoms with Crippen LogP contribution in [-0.2, 0) is 4.79 Å². The highest BCUT2D eigenvalue weighted by molar-refractivity contribution is 5.80. The van der Waals surface area contributed by atoms with Crippen LogP contribution >= 0.6 is 0 Å². The van der Waals surface area contributed by atoms with Crippen LogP contribution < -0.4 is 0 Å². The third kappa shape index (κ3) is 2.06. The third-order valence-corrected chi connectivity index (χ3v) is 9.20. The zero-order valence-electron chi connectivity index (χ0n) is 15.2. The van der Waals surface area contributed by atoms with Gasteiger partial charge in [0.15, 0.2) is 0 Å². The van der Waals surface area contributed by atoms with Gasteiger partial charge in [-0.2, -0.15) is 0 Å². The lowest BCUT2D eigenvalue weighted by molar-refractivity contribution is -0.150. The van der Waals surface area contributed by atoms with Crippen molar-refractivity contribution < 1.29 is 9.90 Å². The minimum Gasteiger partial charge on any atom is -0.389 e. The Kier molecular flexibility index (Phi) is 3.55. The van der Waals surface area contributed by atoms with Crippen molar-refractivity contribution in [3.63, 3.8) is 0 Å². The van der Waals surface area contributed by atoms with Gasteiger partial charge in [-0.3, -0.25) is 4.79 Å². The molecule has 4 saturated carbocycles. The monoisotopic (exact) mass is 318 g/mol. The van der Waals surface area contributed by atoms with E-state index in [1.165, 1.54) is 32.1 Å². The standard InChI is InChI=1S/C21H34O2/c1-4-21(23)12-9-18-16-7-10-19(2)13-14(22)5-6-17(19)15(16)8-11-20(18,21)3/h15-18,23H,4-13H2,1-3H3. The molecule has 0 aliphatic heterocycles. The summed E-state index contributed by atoms with van der Waals surface area (Å²) in [7, 11) is 0. The number of ketones is 1. The van der Waals surface area contributed by atoms with E-state index in [1.54, 1.807) is 0 Å². The predicted octanol–water partition coefficient (Wildman–Crippen LogP) is 4.74. The molecule has 7 atom stereocenters. The average Bonchev–Trinajstić information content (AvgIpc) is 2.78. The summed E-state index contributed by atoms with van der Waals surface area (Å²) in [5, 5.41) is 11.2. The largest absolute Gasteiger partial charge is 0.389 e. The number of fused-ring (bicyclic) bond motifs is 5. The van der Waals surface area contributed by atoms with E-state index in [0.717, 1.165) is 49.9 Å². The number of rotatable bonds is 1. The first-order valence-electron chi connectivity index (χ1n) is 10.1. The van der Waals surface area contributed by atoms with Gasteiger partial charge >= 0.3 is 0 Å². The van der Waals surface area contributed by atoms with Crippen molar-refractivity contribution in [2.24, 2.45) is 34.5 Å². The van der Waals surface area contributed by atoms with E-state index in [1.807, 2.05) is 0 Å². The third-order valence-electron chi connectivity index (χ3n) is 9.20. The smallest absolute Gasteiger partial charge is 0.133 e. The summed E-state index contributed by atoms with van der Waals surface area (Å²) in [4.78, 5) is 12.0. The van der Waals surface area contributed by atoms with Gasteiger partial charge in [0.05, 0.1) is 5.60 Å². The van der Waals surface area contributed by atoms with Gasteiger partial charge < -0.3 is 5.11 Å². The molecule has 0 spiro atoms. The van der Waals surface area contributed by atoms with Crippen LogP contribution in [0.1, 0.15) is 85.0 Å². The number of carbonyl (C=O) groups is 1. The molecule has 1 N–H and O–H groups in total. The topological polar surface area (TPSA) is 37.3 Å². The first kappa shape index (κ1) is 16.1. The number of hydrogen-bond acceptors (Lipinski definition) is 2. The Morgan fingerprint density at radius 1 is 1.00 bits per heavy atom. The molecular weight excluding hydrogens is 284 g/mol. The molecule has 0 amide bonds. The van der Waals surface area contributed by atoms with Crippen molar-refractivity contribution in [2.75, 3.05) is 0 Å². The van der Waals surface area contributed by atoms with Gasteiger partial charge in [0, 0.05) is 12.8 Å². The SMILES string of the molecule is CCC1(O)CCC2C3CCC4(C)CC(=O)CCC4C3CCC21C. The summed E-state index contributed by atoms with van der Waals surface area (Å²) in [5.74, 6) is 3.61. The molecule has 4 rings (SSSR count). The first-order valence-corrected chi connectivity index (χ1v) is 10.1. The van der Waals surface area contributed by atoms with E-state index < -0.39 is 5.60 Å². The van der Waals surface area contributed by atoms with Crippen molar-refractivity contribution in [3.05, 3.63) is 0 Å². The molecule has 23 heavy (non-hydrogen) atoms. The molecule has 0 aromatic carbocycles. The fourth-order valence-corrected chi connectivity index (χ4v) is 7.76. The van der Waals surface area contributed by atoms with Crippen molar-refractivity contribution in [3.8, 4) is 0 Å². The van der Waals surface area contributed by atoms with Gasteiger partial charge in [-0.05, 0) is 85.9 Å². The molecule has 2 heteroatoms. The predicted molar refractivity (Wildman–Crippen MR) is 92.0 cm³/mol. The molecule has 130 valence electrons. The second-order valence-corrected chi connectivity index (χ2v) is 9.87. The average molecular weight is 319 g/mol. The Balaban J connectivity index is 1.62. The molecule has 4 aliphatic carbocycles. The van der Waals surface area contributed by atoms with Gasteiger partial charge in [-0.15, -0.1) is 0 Å². The molecule has 0 aromatic rings. The number of carbonyl (C=O) groups excluding carboxylic acids is 1. The minimum atomic E-state index is -0.425. The molecule has 0 saturated heterocycles. The van der Waals surface area contributed by atoms with Crippen LogP contribution in [0.5, 0.6) is 0 Å². The molecule has 0 radical (unpaired) electrons. The summed E-state index contributed by atoms with van der Waals surface area (Å²) in [6, 6.07) is 0. The van der Waals surface area contributed by atoms with Crippen LogP contribution in [0.25, 0.3) is 0 Å². The highest BCUT2D eigenvalue weighted by Gasteiger charge is 2.63. The summed E-state index contributed by atoms with van der Waals surface area (Å²) < 4.78 is 0. The van der Waals surface area contributed by atoms with Crippen LogP contribution in [0, 0.1) is 34.5 Å². The molecule has 0 heterocycles. The second kappa shape index (κ2) is 5.07. The molecular formula is C21H34O2. The second-order valence-electron chi connectivity index (χ2n) is 9.87. The zero-order chi connectivity index (χ0) is 16.5. The fraction of sp³-hybridized carbons (Fsp3) is 0.952. The normalized spacial score (nSPS) is 55.9. The van der Waals surface area contributed by atoms with Crippen LogP contribution in [0.15, 0.2) is 0 Å². The number of Topliss-reactive ketones (excluding diaryl/α,β-unsaturated/α-hetero) is 1. The van der Waals surface area contributed by atoms with E-state index in [-0.39, 0.29) is 10.8 Å². The Hall–Kier alpha value is -0.370. The Bertz CT molecular complexity index is 514. The lowest BCUT2D eigenvalue weighted by atomic mass is 9.46. The summed E-state index contributed by atoms with van der Waals surface area (Å²) in [6.07, 6.45) is 11.0. The van der Waals surface area contributed by atoms with Crippen molar-refractivity contribution in [1.82, 2.24) is 0 Å². The van der Waals surface area contributed by atoms with Crippen molar-refractivity contribution >= 4 is 5.78 Å². The maximum Gasteiger partial charge on any atom is 0.133 e. The Labute approximate surface area is 141 Å². The van der Waals surface area contributed by atoms with Crippen LogP contribution in [0.2, 0.25) is 0 Å². The number of hydrogen-bond donors (Lipinski definition) is 1. The fourth-order valence-electron chi connectivity index (χ4n) is 7.76. The van der Waals surface area contributed by atoms with Crippen molar-refractivity contribution in [2.45, 2.75) is 90.6 Å². The summed E-state index contributed by atoms with van der Waals surface area (Å²) in [6.45, 7) is 6.96. The van der Waals surface area contributed by atoms with Gasteiger partial charge in [-0.1, -0.05) is 20.8 Å². The summed E-state index contributed by atoms with van der Waals surface area (Å²) >= 11 is 0. The van der Waals surface area contributed by atoms with E-state index in [9.17, 15) is 9.90 Å². The van der Waals surface area contributed by atoms with Crippen LogP contribution in [0.4, 0.5) is 0 Å². The highest BCUT2D eigenvalue weighted by Crippen LogP contribution is 2.67.